The van der Waals surface area contributed by atoms with Crippen molar-refractivity contribution in [2.45, 2.75) is 26.2 Å². The molecule has 0 spiro atoms. The van der Waals surface area contributed by atoms with Crippen molar-refractivity contribution < 1.29 is 0 Å². The zero-order chi connectivity index (χ0) is 27.2. The van der Waals surface area contributed by atoms with Crippen LogP contribution in [0.15, 0.2) is 102 Å². The second-order valence-electron chi connectivity index (χ2n) is 11.3. The van der Waals surface area contributed by atoms with Crippen LogP contribution in [0.2, 0.25) is 0 Å². The summed E-state index contributed by atoms with van der Waals surface area (Å²) < 4.78 is 5.16. The minimum absolute atomic E-state index is 0.205. The van der Waals surface area contributed by atoms with Crippen LogP contribution in [0.1, 0.15) is 37.5 Å². The molecule has 0 saturated heterocycles. The first kappa shape index (κ1) is 23.4. The standard InChI is InChI=1S/C37H28N2S/c1-5-10-22-19-28-26-16-17-27-24-11-6-8-13-32(24)39(36(27)35(26)37(2,3)30(28)21-31(22)38-4)23-15-18-34-29(20-23)25-12-7-9-14-33(25)40-34/h5-21H,4H2,1-3H3/b10-5-. The molecule has 2 aromatic heterocycles. The summed E-state index contributed by atoms with van der Waals surface area (Å²) in [5, 5.41) is 5.22. The van der Waals surface area contributed by atoms with Crippen molar-refractivity contribution in [3.05, 3.63) is 114 Å². The van der Waals surface area contributed by atoms with E-state index in [0.717, 1.165) is 11.3 Å². The Morgan fingerprint density at radius 2 is 1.55 bits per heavy atom. The predicted octanol–water partition coefficient (Wildman–Crippen LogP) is 10.8. The Labute approximate surface area is 237 Å². The van der Waals surface area contributed by atoms with Crippen LogP contribution < -0.4 is 0 Å². The first-order valence-electron chi connectivity index (χ1n) is 13.8. The van der Waals surface area contributed by atoms with Gasteiger partial charge in [0, 0.05) is 47.6 Å². The summed E-state index contributed by atoms with van der Waals surface area (Å²) in [5.41, 5.74) is 10.8. The lowest BCUT2D eigenvalue weighted by Crippen LogP contribution is -2.16. The van der Waals surface area contributed by atoms with E-state index in [1.54, 1.807) is 0 Å². The molecule has 192 valence electrons. The van der Waals surface area contributed by atoms with Crippen LogP contribution in [-0.4, -0.2) is 11.3 Å². The monoisotopic (exact) mass is 532 g/mol. The lowest BCUT2D eigenvalue weighted by molar-refractivity contribution is 0.664. The van der Waals surface area contributed by atoms with Crippen LogP contribution in [0, 0.1) is 0 Å². The molecule has 0 bridgehead atoms. The van der Waals surface area contributed by atoms with Crippen molar-refractivity contribution in [3.63, 3.8) is 0 Å². The van der Waals surface area contributed by atoms with Gasteiger partial charge >= 0.3 is 0 Å². The number of hydrogen-bond acceptors (Lipinski definition) is 2. The van der Waals surface area contributed by atoms with E-state index in [1.807, 2.05) is 18.3 Å². The fraction of sp³-hybridized carbons (Fsp3) is 0.108. The molecule has 0 N–H and O–H groups in total. The number of thiophene rings is 1. The molecule has 40 heavy (non-hydrogen) atoms. The largest absolute Gasteiger partial charge is 0.309 e. The van der Waals surface area contributed by atoms with Crippen LogP contribution in [0.3, 0.4) is 0 Å². The van der Waals surface area contributed by atoms with Gasteiger partial charge in [0.25, 0.3) is 0 Å². The van der Waals surface area contributed by atoms with Crippen LogP contribution in [0.4, 0.5) is 5.69 Å². The molecule has 2 heterocycles. The third-order valence-electron chi connectivity index (χ3n) is 8.73. The minimum atomic E-state index is -0.205. The number of rotatable bonds is 3. The summed E-state index contributed by atoms with van der Waals surface area (Å²) in [5.74, 6) is 0. The van der Waals surface area contributed by atoms with Gasteiger partial charge in [-0.3, -0.25) is 4.99 Å². The molecule has 5 aromatic carbocycles. The summed E-state index contributed by atoms with van der Waals surface area (Å²) in [6.07, 6.45) is 4.20. The van der Waals surface area contributed by atoms with E-state index in [4.69, 9.17) is 0 Å². The third-order valence-corrected chi connectivity index (χ3v) is 9.88. The SMILES string of the molecule is C=Nc1cc2c(cc1/C=C\C)-c1ccc3c4ccccc4n(-c4ccc5sc6ccccc6c5c4)c3c1C2(C)C. The summed E-state index contributed by atoms with van der Waals surface area (Å²) in [4.78, 5) is 4.40. The maximum absolute atomic E-state index is 4.40. The molecule has 1 aliphatic rings. The Morgan fingerprint density at radius 3 is 2.38 bits per heavy atom. The molecule has 0 unspecified atom stereocenters. The topological polar surface area (TPSA) is 17.3 Å². The quantitative estimate of drug-likeness (QED) is 0.201. The highest BCUT2D eigenvalue weighted by Gasteiger charge is 2.39. The second-order valence-corrected chi connectivity index (χ2v) is 12.3. The molecule has 0 saturated carbocycles. The zero-order valence-electron chi connectivity index (χ0n) is 22.8. The van der Waals surface area contributed by atoms with Crippen LogP contribution in [-0.2, 0) is 5.41 Å². The van der Waals surface area contributed by atoms with E-state index in [2.05, 4.69) is 133 Å². The Kier molecular flexibility index (Phi) is 4.84. The number of benzene rings is 5. The zero-order valence-corrected chi connectivity index (χ0v) is 23.6. The Morgan fingerprint density at radius 1 is 0.775 bits per heavy atom. The lowest BCUT2D eigenvalue weighted by atomic mass is 9.81. The summed E-state index contributed by atoms with van der Waals surface area (Å²) >= 11 is 1.87. The molecule has 2 nitrogen and oxygen atoms in total. The molecular weight excluding hydrogens is 504 g/mol. The molecule has 0 radical (unpaired) electrons. The van der Waals surface area contributed by atoms with Crippen molar-refractivity contribution in [1.29, 1.82) is 0 Å². The van der Waals surface area contributed by atoms with Crippen LogP contribution in [0.5, 0.6) is 0 Å². The minimum Gasteiger partial charge on any atom is -0.309 e. The van der Waals surface area contributed by atoms with Gasteiger partial charge in [0.1, 0.15) is 0 Å². The Bertz CT molecular complexity index is 2220. The van der Waals surface area contributed by atoms with E-state index in [0.29, 0.717) is 0 Å². The molecule has 1 aliphatic carbocycles. The number of nitrogens with zero attached hydrogens (tertiary/aromatic N) is 2. The van der Waals surface area contributed by atoms with E-state index < -0.39 is 0 Å². The van der Waals surface area contributed by atoms with Gasteiger partial charge in [-0.05, 0) is 78.4 Å². The van der Waals surface area contributed by atoms with Crippen molar-refractivity contribution in [2.24, 2.45) is 4.99 Å². The van der Waals surface area contributed by atoms with Crippen molar-refractivity contribution in [3.8, 4) is 16.8 Å². The van der Waals surface area contributed by atoms with E-state index in [9.17, 15) is 0 Å². The summed E-state index contributed by atoms with van der Waals surface area (Å²) in [7, 11) is 0. The number of aliphatic imine (C=N–C) groups is 1. The van der Waals surface area contributed by atoms with Crippen molar-refractivity contribution in [1.82, 2.24) is 4.57 Å². The lowest BCUT2D eigenvalue weighted by Gasteiger charge is -2.24. The van der Waals surface area contributed by atoms with Gasteiger partial charge in [-0.1, -0.05) is 74.5 Å². The second kappa shape index (κ2) is 8.27. The molecule has 0 aliphatic heterocycles. The normalized spacial score (nSPS) is 14.1. The highest BCUT2D eigenvalue weighted by atomic mass is 32.1. The highest BCUT2D eigenvalue weighted by molar-refractivity contribution is 7.25. The average Bonchev–Trinajstić information content (AvgIpc) is 3.58. The molecule has 8 rings (SSSR count). The first-order valence-corrected chi connectivity index (χ1v) is 14.6. The number of aromatic nitrogens is 1. The molecule has 0 amide bonds. The molecular formula is C37H28N2S. The fourth-order valence-corrected chi connectivity index (χ4v) is 8.05. The van der Waals surface area contributed by atoms with E-state index in [-0.39, 0.29) is 5.41 Å². The average molecular weight is 533 g/mol. The van der Waals surface area contributed by atoms with Gasteiger partial charge in [-0.25, -0.2) is 0 Å². The van der Waals surface area contributed by atoms with Gasteiger partial charge in [-0.15, -0.1) is 11.3 Å². The number of fused-ring (bicyclic) bond motifs is 10. The first-order chi connectivity index (χ1) is 19.5. The van der Waals surface area contributed by atoms with Crippen LogP contribution >= 0.6 is 11.3 Å². The Hall–Kier alpha value is -4.47. The van der Waals surface area contributed by atoms with Gasteiger partial charge < -0.3 is 4.57 Å². The van der Waals surface area contributed by atoms with Crippen molar-refractivity contribution in [2.75, 3.05) is 0 Å². The molecule has 3 heteroatoms. The number of hydrogen-bond donors (Lipinski definition) is 0. The smallest absolute Gasteiger partial charge is 0.0698 e. The van der Waals surface area contributed by atoms with Crippen molar-refractivity contribution >= 4 is 71.8 Å². The van der Waals surface area contributed by atoms with Crippen LogP contribution in [0.25, 0.3) is 64.9 Å². The number of allylic oxidation sites excluding steroid dienone is 1. The van der Waals surface area contributed by atoms with E-state index >= 15 is 0 Å². The summed E-state index contributed by atoms with van der Waals surface area (Å²) in [6.45, 7) is 10.6. The number of para-hydroxylation sites is 1. The van der Waals surface area contributed by atoms with Gasteiger partial charge in [0.05, 0.1) is 16.7 Å². The maximum atomic E-state index is 4.40. The van der Waals surface area contributed by atoms with E-state index in [1.165, 1.54) is 69.9 Å². The molecule has 0 fully saturated rings. The fourth-order valence-electron chi connectivity index (χ4n) is 6.97. The third kappa shape index (κ3) is 3.01. The highest BCUT2D eigenvalue weighted by Crippen LogP contribution is 2.54. The summed E-state index contributed by atoms with van der Waals surface area (Å²) in [6, 6.07) is 33.8. The Balaban J connectivity index is 1.50. The van der Waals surface area contributed by atoms with Gasteiger partial charge in [-0.2, -0.15) is 0 Å². The maximum Gasteiger partial charge on any atom is 0.0698 e. The van der Waals surface area contributed by atoms with Gasteiger partial charge in [0.15, 0.2) is 0 Å². The van der Waals surface area contributed by atoms with Gasteiger partial charge in [0.2, 0.25) is 0 Å². The predicted molar refractivity (Wildman–Crippen MR) is 175 cm³/mol. The molecule has 7 aromatic rings. The molecule has 0 atom stereocenters.